The Bertz CT molecular complexity index is 609. The first-order valence-electron chi connectivity index (χ1n) is 8.98. The predicted molar refractivity (Wildman–Crippen MR) is 91.8 cm³/mol. The van der Waals surface area contributed by atoms with E-state index in [1.54, 1.807) is 0 Å². The second-order valence-electron chi connectivity index (χ2n) is 6.94. The van der Waals surface area contributed by atoms with Gasteiger partial charge in [0.05, 0.1) is 12.6 Å². The molecule has 5 heteroatoms. The van der Waals surface area contributed by atoms with Crippen LogP contribution in [0.4, 0.5) is 0 Å². The van der Waals surface area contributed by atoms with Crippen molar-refractivity contribution in [3.05, 3.63) is 34.9 Å². The van der Waals surface area contributed by atoms with Crippen LogP contribution in [0.15, 0.2) is 18.2 Å². The van der Waals surface area contributed by atoms with Crippen LogP contribution < -0.4 is 10.6 Å². The summed E-state index contributed by atoms with van der Waals surface area (Å²) in [6, 6.07) is 5.76. The summed E-state index contributed by atoms with van der Waals surface area (Å²) in [5.41, 5.74) is 3.17. The van der Waals surface area contributed by atoms with E-state index >= 15 is 0 Å². The second kappa shape index (κ2) is 7.79. The molecular weight excluding hydrogens is 304 g/mol. The smallest absolute Gasteiger partial charge is 0.251 e. The average Bonchev–Trinajstić information content (AvgIpc) is 3.27. The summed E-state index contributed by atoms with van der Waals surface area (Å²) in [6.07, 6.45) is 7.16. The van der Waals surface area contributed by atoms with Gasteiger partial charge in [-0.25, -0.2) is 0 Å². The minimum atomic E-state index is -0.483. The van der Waals surface area contributed by atoms with E-state index in [-0.39, 0.29) is 24.9 Å². The molecule has 0 bridgehead atoms. The summed E-state index contributed by atoms with van der Waals surface area (Å²) >= 11 is 0. The Balaban J connectivity index is 1.41. The van der Waals surface area contributed by atoms with Gasteiger partial charge < -0.3 is 15.7 Å². The third kappa shape index (κ3) is 4.15. The largest absolute Gasteiger partial charge is 0.391 e. The summed E-state index contributed by atoms with van der Waals surface area (Å²) in [5.74, 6) is -0.191. The lowest BCUT2D eigenvalue weighted by molar-refractivity contribution is -0.120. The molecule has 3 rings (SSSR count). The monoisotopic (exact) mass is 330 g/mol. The van der Waals surface area contributed by atoms with E-state index in [2.05, 4.69) is 10.6 Å². The highest BCUT2D eigenvalue weighted by Crippen LogP contribution is 2.27. The Morgan fingerprint density at radius 3 is 2.62 bits per heavy atom. The molecule has 130 valence electrons. The standard InChI is InChI=1S/C19H26N2O3/c22-17(14-4-1-2-5-14)11-20-18(23)12-21-19(24)16-9-8-13-6-3-7-15(13)10-16/h8-10,14,17,22H,1-7,11-12H2,(H,20,23)(H,21,24). The number of carbonyl (C=O) groups excluding carboxylic acids is 2. The van der Waals surface area contributed by atoms with Crippen molar-refractivity contribution < 1.29 is 14.7 Å². The molecule has 1 atom stereocenters. The number of carbonyl (C=O) groups is 2. The number of aliphatic hydroxyl groups excluding tert-OH is 1. The van der Waals surface area contributed by atoms with Crippen LogP contribution in [0, 0.1) is 5.92 Å². The Labute approximate surface area is 142 Å². The van der Waals surface area contributed by atoms with E-state index in [9.17, 15) is 14.7 Å². The number of fused-ring (bicyclic) bond motifs is 1. The number of hydrogen-bond acceptors (Lipinski definition) is 3. The molecule has 0 radical (unpaired) electrons. The van der Waals surface area contributed by atoms with Crippen LogP contribution in [0.3, 0.4) is 0 Å². The molecule has 0 heterocycles. The van der Waals surface area contributed by atoms with Crippen LogP contribution in [0.1, 0.15) is 53.6 Å². The summed E-state index contributed by atoms with van der Waals surface area (Å²) in [7, 11) is 0. The first-order chi connectivity index (χ1) is 11.6. The van der Waals surface area contributed by atoms with Crippen LogP contribution >= 0.6 is 0 Å². The normalized spacial score (nSPS) is 18.2. The first-order valence-corrected chi connectivity index (χ1v) is 8.98. The second-order valence-corrected chi connectivity index (χ2v) is 6.94. The van der Waals surface area contributed by atoms with Gasteiger partial charge in [0, 0.05) is 12.1 Å². The van der Waals surface area contributed by atoms with E-state index in [0.29, 0.717) is 11.5 Å². The van der Waals surface area contributed by atoms with E-state index in [1.807, 2.05) is 18.2 Å². The number of aliphatic hydroxyl groups is 1. The maximum atomic E-state index is 12.2. The van der Waals surface area contributed by atoms with E-state index < -0.39 is 6.10 Å². The zero-order valence-electron chi connectivity index (χ0n) is 14.0. The van der Waals surface area contributed by atoms with Crippen LogP contribution in [-0.4, -0.2) is 36.1 Å². The summed E-state index contributed by atoms with van der Waals surface area (Å²) in [6.45, 7) is 0.200. The molecule has 1 saturated carbocycles. The molecule has 3 N–H and O–H groups in total. The van der Waals surface area contributed by atoms with Crippen LogP contribution in [0.25, 0.3) is 0 Å². The molecule has 0 spiro atoms. The molecular formula is C19H26N2O3. The van der Waals surface area contributed by atoms with E-state index in [4.69, 9.17) is 0 Å². The maximum absolute atomic E-state index is 12.2. The number of benzene rings is 1. The molecule has 1 fully saturated rings. The van der Waals surface area contributed by atoms with Crippen molar-refractivity contribution in [1.82, 2.24) is 10.6 Å². The number of aryl methyl sites for hydroxylation is 2. The number of rotatable bonds is 6. The van der Waals surface area contributed by atoms with Gasteiger partial charge in [-0.05, 0) is 61.3 Å². The highest BCUT2D eigenvalue weighted by atomic mass is 16.3. The van der Waals surface area contributed by atoms with Crippen molar-refractivity contribution in [2.24, 2.45) is 5.92 Å². The topological polar surface area (TPSA) is 78.4 Å². The van der Waals surface area contributed by atoms with Gasteiger partial charge in [-0.15, -0.1) is 0 Å². The van der Waals surface area contributed by atoms with Crippen molar-refractivity contribution >= 4 is 11.8 Å². The Hall–Kier alpha value is -1.88. The van der Waals surface area contributed by atoms with Gasteiger partial charge in [-0.3, -0.25) is 9.59 Å². The zero-order chi connectivity index (χ0) is 16.9. The van der Waals surface area contributed by atoms with Crippen LogP contribution in [0.5, 0.6) is 0 Å². The van der Waals surface area contributed by atoms with Gasteiger partial charge in [0.2, 0.25) is 5.91 Å². The van der Waals surface area contributed by atoms with Crippen molar-refractivity contribution in [3.63, 3.8) is 0 Å². The lowest BCUT2D eigenvalue weighted by atomic mass is 10.0. The molecule has 0 saturated heterocycles. The Kier molecular flexibility index (Phi) is 5.51. The molecule has 2 aliphatic carbocycles. The van der Waals surface area contributed by atoms with Crippen LogP contribution in [0.2, 0.25) is 0 Å². The fourth-order valence-corrected chi connectivity index (χ4v) is 3.77. The molecule has 2 aliphatic rings. The highest BCUT2D eigenvalue weighted by molar-refractivity contribution is 5.96. The number of amides is 2. The van der Waals surface area contributed by atoms with Gasteiger partial charge in [0.1, 0.15) is 0 Å². The third-order valence-electron chi connectivity index (χ3n) is 5.22. The predicted octanol–water partition coefficient (Wildman–Crippen LogP) is 1.57. The SMILES string of the molecule is O=C(CNC(=O)c1ccc2c(c1)CCC2)NCC(O)C1CCCC1. The van der Waals surface area contributed by atoms with Crippen molar-refractivity contribution in [2.45, 2.75) is 51.0 Å². The van der Waals surface area contributed by atoms with E-state index in [0.717, 1.165) is 44.9 Å². The fraction of sp³-hybridized carbons (Fsp3) is 0.579. The van der Waals surface area contributed by atoms with Crippen LogP contribution in [-0.2, 0) is 17.6 Å². The molecule has 1 unspecified atom stereocenters. The lowest BCUT2D eigenvalue weighted by Crippen LogP contribution is -2.41. The molecule has 1 aromatic carbocycles. The molecule has 1 aromatic rings. The summed E-state index contributed by atoms with van der Waals surface area (Å²) < 4.78 is 0. The molecule has 5 nitrogen and oxygen atoms in total. The minimum absolute atomic E-state index is 0.0622. The van der Waals surface area contributed by atoms with Gasteiger partial charge in [0.15, 0.2) is 0 Å². The minimum Gasteiger partial charge on any atom is -0.391 e. The van der Waals surface area contributed by atoms with Crippen molar-refractivity contribution in [3.8, 4) is 0 Å². The number of nitrogens with one attached hydrogen (secondary N) is 2. The maximum Gasteiger partial charge on any atom is 0.251 e. The molecule has 24 heavy (non-hydrogen) atoms. The van der Waals surface area contributed by atoms with Gasteiger partial charge in [0.25, 0.3) is 5.91 Å². The quantitative estimate of drug-likeness (QED) is 0.741. The molecule has 2 amide bonds. The average molecular weight is 330 g/mol. The van der Waals surface area contributed by atoms with Gasteiger partial charge >= 0.3 is 0 Å². The Morgan fingerprint density at radius 1 is 1.08 bits per heavy atom. The summed E-state index contributed by atoms with van der Waals surface area (Å²) in [5, 5.41) is 15.4. The van der Waals surface area contributed by atoms with E-state index in [1.165, 1.54) is 11.1 Å². The summed E-state index contributed by atoms with van der Waals surface area (Å²) in [4.78, 5) is 24.0. The van der Waals surface area contributed by atoms with Crippen molar-refractivity contribution in [2.75, 3.05) is 13.1 Å². The number of hydrogen-bond donors (Lipinski definition) is 3. The van der Waals surface area contributed by atoms with Gasteiger partial charge in [-0.2, -0.15) is 0 Å². The molecule has 0 aromatic heterocycles. The molecule has 0 aliphatic heterocycles. The highest BCUT2D eigenvalue weighted by Gasteiger charge is 2.23. The first kappa shape index (κ1) is 17.0. The van der Waals surface area contributed by atoms with Crippen molar-refractivity contribution in [1.29, 1.82) is 0 Å². The third-order valence-corrected chi connectivity index (χ3v) is 5.22. The zero-order valence-corrected chi connectivity index (χ0v) is 14.0. The Morgan fingerprint density at radius 2 is 1.83 bits per heavy atom. The lowest BCUT2D eigenvalue weighted by Gasteiger charge is -2.18. The van der Waals surface area contributed by atoms with Gasteiger partial charge in [-0.1, -0.05) is 18.9 Å². The fourth-order valence-electron chi connectivity index (χ4n) is 3.77.